The summed E-state index contributed by atoms with van der Waals surface area (Å²) in [6.45, 7) is 8.83. The van der Waals surface area contributed by atoms with Crippen molar-refractivity contribution in [2.24, 2.45) is 0 Å². The van der Waals surface area contributed by atoms with Crippen molar-refractivity contribution in [1.82, 2.24) is 0 Å². The fourth-order valence-corrected chi connectivity index (χ4v) is 12.2. The van der Waals surface area contributed by atoms with E-state index in [0.717, 1.165) is 0 Å². The molecule has 0 spiro atoms. The SMILES string of the molecule is Cc1ccc(-c2ccc(C)cc2-[te+]2c3cc(C)ccc3c3ccc(C)cc32)cc1. The van der Waals surface area contributed by atoms with Crippen molar-refractivity contribution >= 4 is 36.6 Å². The van der Waals surface area contributed by atoms with Gasteiger partial charge in [-0.2, -0.15) is 0 Å². The van der Waals surface area contributed by atoms with Crippen LogP contribution in [0.15, 0.2) is 78.9 Å². The van der Waals surface area contributed by atoms with E-state index in [4.69, 9.17) is 0 Å². The zero-order chi connectivity index (χ0) is 20.1. The Labute approximate surface area is 179 Å². The number of rotatable bonds is 2. The van der Waals surface area contributed by atoms with Crippen molar-refractivity contribution in [2.75, 3.05) is 0 Å². The number of hydrogen-bond acceptors (Lipinski definition) is 0. The van der Waals surface area contributed by atoms with Gasteiger partial charge in [0.05, 0.1) is 0 Å². The molecule has 5 rings (SSSR count). The summed E-state index contributed by atoms with van der Waals surface area (Å²) in [5.41, 5.74) is 8.14. The molecule has 0 unspecified atom stereocenters. The maximum atomic E-state index is 2.47. The Balaban J connectivity index is 1.93. The molecule has 0 saturated carbocycles. The van der Waals surface area contributed by atoms with E-state index in [1.54, 1.807) is 10.4 Å². The van der Waals surface area contributed by atoms with Crippen molar-refractivity contribution in [1.29, 1.82) is 0 Å². The molecule has 0 atom stereocenters. The van der Waals surface area contributed by atoms with Gasteiger partial charge in [0, 0.05) is 0 Å². The quantitative estimate of drug-likeness (QED) is 0.224. The molecule has 0 nitrogen and oxygen atoms in total. The Morgan fingerprint density at radius 3 is 1.55 bits per heavy atom. The summed E-state index contributed by atoms with van der Waals surface area (Å²) < 4.78 is 4.79. The molecular formula is C28H25Te+. The normalized spacial score (nSPS) is 11.4. The van der Waals surface area contributed by atoms with Crippen LogP contribution in [0.2, 0.25) is 0 Å². The molecule has 0 aliphatic heterocycles. The van der Waals surface area contributed by atoms with E-state index >= 15 is 0 Å². The molecule has 0 amide bonds. The van der Waals surface area contributed by atoms with Crippen molar-refractivity contribution in [2.45, 2.75) is 27.7 Å². The third-order valence-electron chi connectivity index (χ3n) is 5.72. The minimum atomic E-state index is -1.95. The molecule has 4 aromatic carbocycles. The van der Waals surface area contributed by atoms with E-state index in [2.05, 4.69) is 107 Å². The number of fused-ring (bicyclic) bond motifs is 3. The standard InChI is InChI=1S/C28H25Te/c1-18-5-10-22(11-6-18)23-12-7-19(2)15-26(23)29-27-16-20(3)8-13-24(27)25-14-9-21(4)17-28(25)29/h5-17H,1-4H3/q+1. The van der Waals surface area contributed by atoms with Crippen LogP contribution in [0.4, 0.5) is 0 Å². The van der Waals surface area contributed by atoms with E-state index in [1.807, 2.05) is 0 Å². The van der Waals surface area contributed by atoms with E-state index in [-0.39, 0.29) is 0 Å². The fourth-order valence-electron chi connectivity index (χ4n) is 4.17. The third kappa shape index (κ3) is 3.24. The van der Waals surface area contributed by atoms with Gasteiger partial charge in [0.15, 0.2) is 0 Å². The van der Waals surface area contributed by atoms with Gasteiger partial charge in [-0.3, -0.25) is 0 Å². The first-order valence-electron chi connectivity index (χ1n) is 10.1. The molecule has 0 aliphatic rings. The molecular weight excluding hydrogens is 464 g/mol. The van der Waals surface area contributed by atoms with Crippen molar-refractivity contribution in [3.8, 4) is 14.7 Å². The van der Waals surface area contributed by atoms with Gasteiger partial charge in [0.2, 0.25) is 0 Å². The Bertz CT molecular complexity index is 1310. The van der Waals surface area contributed by atoms with Crippen molar-refractivity contribution < 1.29 is 0 Å². The van der Waals surface area contributed by atoms with Crippen LogP contribution in [-0.2, 0) is 0 Å². The predicted molar refractivity (Wildman–Crippen MR) is 129 cm³/mol. The molecule has 1 aromatic heterocycles. The molecule has 0 saturated heterocycles. The van der Waals surface area contributed by atoms with E-state index in [9.17, 15) is 0 Å². The Morgan fingerprint density at radius 1 is 0.483 bits per heavy atom. The van der Waals surface area contributed by atoms with Gasteiger partial charge < -0.3 is 0 Å². The zero-order valence-electron chi connectivity index (χ0n) is 17.4. The van der Waals surface area contributed by atoms with Crippen LogP contribution in [0, 0.1) is 27.7 Å². The Kier molecular flexibility index (Phi) is 4.62. The van der Waals surface area contributed by atoms with Crippen LogP contribution < -0.4 is 0 Å². The van der Waals surface area contributed by atoms with E-state index < -0.39 is 19.1 Å². The van der Waals surface area contributed by atoms with Crippen molar-refractivity contribution in [3.05, 3.63) is 101 Å². The van der Waals surface area contributed by atoms with Crippen LogP contribution in [0.1, 0.15) is 22.3 Å². The molecule has 0 fully saturated rings. The second-order valence-electron chi connectivity index (χ2n) is 8.17. The first-order chi connectivity index (χ1) is 14.0. The molecule has 142 valence electrons. The fraction of sp³-hybridized carbons (Fsp3) is 0.143. The Hall–Kier alpha value is -2.33. The van der Waals surface area contributed by atoms with Crippen LogP contribution in [0.5, 0.6) is 0 Å². The average molecular weight is 489 g/mol. The second kappa shape index (κ2) is 7.17. The summed E-state index contributed by atoms with van der Waals surface area (Å²) in [6.07, 6.45) is 0. The van der Waals surface area contributed by atoms with Crippen LogP contribution in [0.3, 0.4) is 0 Å². The number of aryl methyl sites for hydroxylation is 4. The van der Waals surface area contributed by atoms with Crippen LogP contribution in [-0.4, -0.2) is 19.1 Å². The average Bonchev–Trinajstić information content (AvgIpc) is 3.01. The van der Waals surface area contributed by atoms with Gasteiger partial charge in [-0.1, -0.05) is 0 Å². The molecule has 0 bridgehead atoms. The summed E-state index contributed by atoms with van der Waals surface area (Å²) >= 11 is -1.95. The summed E-state index contributed by atoms with van der Waals surface area (Å²) in [7, 11) is 0. The molecule has 5 aromatic rings. The molecule has 0 aliphatic carbocycles. The molecule has 29 heavy (non-hydrogen) atoms. The monoisotopic (exact) mass is 491 g/mol. The summed E-state index contributed by atoms with van der Waals surface area (Å²) in [5.74, 6) is 0. The third-order valence-corrected chi connectivity index (χ3v) is 12.4. The first-order valence-corrected chi connectivity index (χ1v) is 13.6. The van der Waals surface area contributed by atoms with Gasteiger partial charge in [-0.25, -0.2) is 0 Å². The van der Waals surface area contributed by atoms with E-state index in [0.29, 0.717) is 0 Å². The zero-order valence-corrected chi connectivity index (χ0v) is 19.7. The van der Waals surface area contributed by atoms with Gasteiger partial charge in [0.1, 0.15) is 0 Å². The molecule has 0 radical (unpaired) electrons. The molecule has 0 N–H and O–H groups in total. The molecule has 1 heterocycles. The second-order valence-corrected chi connectivity index (χ2v) is 13.7. The topological polar surface area (TPSA) is 0 Å². The van der Waals surface area contributed by atoms with Crippen LogP contribution in [0.25, 0.3) is 32.3 Å². The summed E-state index contributed by atoms with van der Waals surface area (Å²) in [4.78, 5) is 0. The van der Waals surface area contributed by atoms with Crippen LogP contribution >= 0.6 is 0 Å². The molecule has 1 heteroatoms. The van der Waals surface area contributed by atoms with Gasteiger partial charge in [0.25, 0.3) is 0 Å². The van der Waals surface area contributed by atoms with Gasteiger partial charge in [-0.15, -0.1) is 0 Å². The minimum absolute atomic E-state index is 1.31. The summed E-state index contributed by atoms with van der Waals surface area (Å²) in [5, 5.41) is 2.91. The summed E-state index contributed by atoms with van der Waals surface area (Å²) in [6, 6.07) is 30.3. The predicted octanol–water partition coefficient (Wildman–Crippen LogP) is 7.63. The number of benzene rings is 4. The van der Waals surface area contributed by atoms with Crippen molar-refractivity contribution in [3.63, 3.8) is 0 Å². The van der Waals surface area contributed by atoms with Gasteiger partial charge >= 0.3 is 180 Å². The number of hydrogen-bond donors (Lipinski definition) is 0. The maximum absolute atomic E-state index is 2.47. The van der Waals surface area contributed by atoms with E-state index in [1.165, 1.54) is 44.2 Å². The first kappa shape index (κ1) is 18.7. The van der Waals surface area contributed by atoms with Gasteiger partial charge in [-0.05, 0) is 0 Å². The Morgan fingerprint density at radius 2 is 0.966 bits per heavy atom.